The van der Waals surface area contributed by atoms with Gasteiger partial charge in [-0.25, -0.2) is 0 Å². The van der Waals surface area contributed by atoms with Crippen molar-refractivity contribution in [1.29, 1.82) is 0 Å². The van der Waals surface area contributed by atoms with Gasteiger partial charge >= 0.3 is 0 Å². The lowest BCUT2D eigenvalue weighted by molar-refractivity contribution is 0.0623. The zero-order valence-electron chi connectivity index (χ0n) is 12.1. The van der Waals surface area contributed by atoms with E-state index in [-0.39, 0.29) is 5.91 Å². The Morgan fingerprint density at radius 1 is 1.29 bits per heavy atom. The van der Waals surface area contributed by atoms with Crippen molar-refractivity contribution in [1.82, 2.24) is 15.1 Å². The second-order valence-corrected chi connectivity index (χ2v) is 4.98. The van der Waals surface area contributed by atoms with E-state index in [9.17, 15) is 4.79 Å². The Bertz CT molecular complexity index is 607. The number of aromatic amines is 1. The second-order valence-electron chi connectivity index (χ2n) is 4.54. The van der Waals surface area contributed by atoms with E-state index in [0.29, 0.717) is 42.4 Å². The maximum absolute atomic E-state index is 12.6. The number of aromatic nitrogens is 2. The van der Waals surface area contributed by atoms with Gasteiger partial charge in [-0.3, -0.25) is 9.89 Å². The summed E-state index contributed by atoms with van der Waals surface area (Å²) in [4.78, 5) is 14.3. The molecular weight excluding hydrogens is 294 g/mol. The van der Waals surface area contributed by atoms with Crippen LogP contribution < -0.4 is 0 Å². The van der Waals surface area contributed by atoms with E-state index in [1.165, 1.54) is 0 Å². The van der Waals surface area contributed by atoms with Crippen molar-refractivity contribution >= 4 is 28.4 Å². The van der Waals surface area contributed by atoms with Crippen LogP contribution >= 0.6 is 11.6 Å². The Balaban J connectivity index is 2.26. The lowest BCUT2D eigenvalue weighted by Crippen LogP contribution is -2.36. The van der Waals surface area contributed by atoms with Gasteiger partial charge in [0.25, 0.3) is 5.91 Å². The number of hydrogen-bond acceptors (Lipinski definition) is 4. The van der Waals surface area contributed by atoms with Crippen molar-refractivity contribution < 1.29 is 14.3 Å². The number of hydrogen-bond donors (Lipinski definition) is 1. The first-order valence-electron chi connectivity index (χ1n) is 6.58. The number of H-pyrrole nitrogens is 1. The van der Waals surface area contributed by atoms with E-state index in [2.05, 4.69) is 10.2 Å². The van der Waals surface area contributed by atoms with Crippen molar-refractivity contribution in [2.45, 2.75) is 0 Å². The Morgan fingerprint density at radius 2 is 1.95 bits per heavy atom. The van der Waals surface area contributed by atoms with Crippen molar-refractivity contribution in [2.75, 3.05) is 40.5 Å². The van der Waals surface area contributed by atoms with Crippen molar-refractivity contribution in [3.8, 4) is 0 Å². The summed E-state index contributed by atoms with van der Waals surface area (Å²) in [6, 6.07) is 5.29. The smallest absolute Gasteiger partial charge is 0.275 e. The number of carbonyl (C=O) groups excluding carboxylic acids is 1. The van der Waals surface area contributed by atoms with Gasteiger partial charge in [0, 0.05) is 37.7 Å². The molecule has 6 nitrogen and oxygen atoms in total. The fraction of sp³-hybridized carbons (Fsp3) is 0.429. The van der Waals surface area contributed by atoms with Gasteiger partial charge in [-0.1, -0.05) is 11.6 Å². The number of rotatable bonds is 7. The molecule has 0 saturated heterocycles. The molecule has 0 saturated carbocycles. The number of nitrogens with zero attached hydrogens (tertiary/aromatic N) is 2. The highest BCUT2D eigenvalue weighted by atomic mass is 35.5. The number of ether oxygens (including phenoxy) is 2. The Hall–Kier alpha value is -1.63. The van der Waals surface area contributed by atoms with E-state index in [4.69, 9.17) is 21.1 Å². The molecule has 0 aliphatic carbocycles. The monoisotopic (exact) mass is 311 g/mol. The molecule has 1 N–H and O–H groups in total. The number of nitrogens with one attached hydrogen (secondary N) is 1. The van der Waals surface area contributed by atoms with Crippen LogP contribution in [-0.2, 0) is 9.47 Å². The normalized spacial score (nSPS) is 11.0. The van der Waals surface area contributed by atoms with Crippen LogP contribution in [0.3, 0.4) is 0 Å². The molecule has 7 heteroatoms. The van der Waals surface area contributed by atoms with Gasteiger partial charge in [-0.15, -0.1) is 0 Å². The van der Waals surface area contributed by atoms with Crippen LogP contribution in [0.25, 0.3) is 10.9 Å². The lowest BCUT2D eigenvalue weighted by Gasteiger charge is -2.21. The van der Waals surface area contributed by atoms with Crippen molar-refractivity contribution in [2.24, 2.45) is 0 Å². The molecule has 0 radical (unpaired) electrons. The number of carbonyl (C=O) groups is 1. The molecule has 2 aromatic rings. The molecule has 0 aliphatic rings. The first-order chi connectivity index (χ1) is 10.2. The Morgan fingerprint density at radius 3 is 2.57 bits per heavy atom. The standard InChI is InChI=1S/C14H18ClN3O3/c1-20-7-5-18(6-8-21-2)14(19)13-11-9-10(15)3-4-12(11)16-17-13/h3-4,9H,5-8H2,1-2H3,(H,16,17). The minimum atomic E-state index is -0.169. The van der Waals surface area contributed by atoms with Crippen LogP contribution in [0.4, 0.5) is 0 Å². The van der Waals surface area contributed by atoms with E-state index in [1.54, 1.807) is 37.3 Å². The Kier molecular flexibility index (Phi) is 5.55. The summed E-state index contributed by atoms with van der Waals surface area (Å²) in [5.74, 6) is -0.169. The molecule has 0 spiro atoms. The summed E-state index contributed by atoms with van der Waals surface area (Å²) in [6.07, 6.45) is 0. The molecule has 0 bridgehead atoms. The average molecular weight is 312 g/mol. The zero-order valence-corrected chi connectivity index (χ0v) is 12.8. The third kappa shape index (κ3) is 3.72. The number of methoxy groups -OCH3 is 2. The first-order valence-corrected chi connectivity index (χ1v) is 6.96. The first kappa shape index (κ1) is 15.8. The molecule has 1 aromatic carbocycles. The number of halogens is 1. The maximum Gasteiger partial charge on any atom is 0.275 e. The van der Waals surface area contributed by atoms with Gasteiger partial charge < -0.3 is 14.4 Å². The molecule has 1 amide bonds. The largest absolute Gasteiger partial charge is 0.383 e. The Labute approximate surface area is 128 Å². The summed E-state index contributed by atoms with van der Waals surface area (Å²) in [5, 5.41) is 8.24. The highest BCUT2D eigenvalue weighted by Gasteiger charge is 2.20. The van der Waals surface area contributed by atoms with Crippen LogP contribution in [0.15, 0.2) is 18.2 Å². The van der Waals surface area contributed by atoms with Gasteiger partial charge in [0.05, 0.1) is 18.7 Å². The van der Waals surface area contributed by atoms with E-state index >= 15 is 0 Å². The SMILES string of the molecule is COCCN(CCOC)C(=O)c1n[nH]c2ccc(Cl)cc12. The van der Waals surface area contributed by atoms with Crippen LogP contribution in [0.2, 0.25) is 5.02 Å². The molecule has 1 heterocycles. The topological polar surface area (TPSA) is 67.5 Å². The fourth-order valence-corrected chi connectivity index (χ4v) is 2.19. The second kappa shape index (κ2) is 7.40. The highest BCUT2D eigenvalue weighted by molar-refractivity contribution is 6.31. The van der Waals surface area contributed by atoms with E-state index in [0.717, 1.165) is 5.52 Å². The third-order valence-corrected chi connectivity index (χ3v) is 3.38. The molecule has 1 aromatic heterocycles. The highest BCUT2D eigenvalue weighted by Crippen LogP contribution is 2.21. The summed E-state index contributed by atoms with van der Waals surface area (Å²) >= 11 is 5.99. The molecule has 21 heavy (non-hydrogen) atoms. The van der Waals surface area contributed by atoms with Crippen molar-refractivity contribution in [3.05, 3.63) is 28.9 Å². The quantitative estimate of drug-likeness (QED) is 0.848. The van der Waals surface area contributed by atoms with Gasteiger partial charge in [-0.2, -0.15) is 5.10 Å². The molecule has 0 atom stereocenters. The summed E-state index contributed by atoms with van der Waals surface area (Å²) in [7, 11) is 3.20. The van der Waals surface area contributed by atoms with Crippen molar-refractivity contribution in [3.63, 3.8) is 0 Å². The fourth-order valence-electron chi connectivity index (χ4n) is 2.02. The van der Waals surface area contributed by atoms with Gasteiger partial charge in [0.1, 0.15) is 0 Å². The minimum Gasteiger partial charge on any atom is -0.383 e. The predicted octanol–water partition coefficient (Wildman–Crippen LogP) is 1.95. The molecule has 114 valence electrons. The molecule has 2 rings (SSSR count). The zero-order chi connectivity index (χ0) is 15.2. The van der Waals surface area contributed by atoms with Crippen LogP contribution in [0.1, 0.15) is 10.5 Å². The number of benzene rings is 1. The molecule has 0 fully saturated rings. The molecule has 0 unspecified atom stereocenters. The van der Waals surface area contributed by atoms with E-state index in [1.807, 2.05) is 0 Å². The van der Waals surface area contributed by atoms with Gasteiger partial charge in [0.2, 0.25) is 0 Å². The van der Waals surface area contributed by atoms with Crippen LogP contribution in [0.5, 0.6) is 0 Å². The van der Waals surface area contributed by atoms with Gasteiger partial charge in [-0.05, 0) is 18.2 Å². The molecule has 0 aliphatic heterocycles. The summed E-state index contributed by atoms with van der Waals surface area (Å²) in [6.45, 7) is 1.87. The van der Waals surface area contributed by atoms with Gasteiger partial charge in [0.15, 0.2) is 5.69 Å². The molecular formula is C14H18ClN3O3. The minimum absolute atomic E-state index is 0.169. The van der Waals surface area contributed by atoms with Crippen LogP contribution in [-0.4, -0.2) is 61.5 Å². The average Bonchev–Trinajstić information content (AvgIpc) is 2.89. The lowest BCUT2D eigenvalue weighted by atomic mass is 10.2. The summed E-state index contributed by atoms with van der Waals surface area (Å²) < 4.78 is 10.1. The number of amides is 1. The van der Waals surface area contributed by atoms with Crippen LogP contribution in [0, 0.1) is 0 Å². The summed E-state index contributed by atoms with van der Waals surface area (Å²) in [5.41, 5.74) is 1.14. The maximum atomic E-state index is 12.6. The van der Waals surface area contributed by atoms with E-state index < -0.39 is 0 Å². The third-order valence-electron chi connectivity index (χ3n) is 3.15. The number of fused-ring (bicyclic) bond motifs is 1. The predicted molar refractivity (Wildman–Crippen MR) is 80.8 cm³/mol.